The van der Waals surface area contributed by atoms with Crippen LogP contribution in [0.4, 0.5) is 11.4 Å². The lowest BCUT2D eigenvalue weighted by molar-refractivity contribution is -0.118. The summed E-state index contributed by atoms with van der Waals surface area (Å²) < 4.78 is 32.4. The van der Waals surface area contributed by atoms with Gasteiger partial charge in [0.15, 0.2) is 6.61 Å². The van der Waals surface area contributed by atoms with E-state index in [1.165, 1.54) is 25.1 Å². The summed E-state index contributed by atoms with van der Waals surface area (Å²) in [5, 5.41) is 5.33. The second-order valence-electron chi connectivity index (χ2n) is 6.42. The van der Waals surface area contributed by atoms with Gasteiger partial charge in [0.25, 0.3) is 5.91 Å². The van der Waals surface area contributed by atoms with E-state index in [0.717, 1.165) is 0 Å². The minimum atomic E-state index is -3.56. The molecule has 9 heteroatoms. The van der Waals surface area contributed by atoms with Gasteiger partial charge in [0.2, 0.25) is 15.9 Å². The highest BCUT2D eigenvalue weighted by Gasteiger charge is 2.15. The van der Waals surface area contributed by atoms with Crippen LogP contribution in [-0.4, -0.2) is 33.4 Å². The van der Waals surface area contributed by atoms with Crippen molar-refractivity contribution in [3.8, 4) is 5.75 Å². The van der Waals surface area contributed by atoms with E-state index in [1.807, 2.05) is 6.92 Å². The molecule has 8 nitrogen and oxygen atoms in total. The summed E-state index contributed by atoms with van der Waals surface area (Å²) >= 11 is 0. The van der Waals surface area contributed by atoms with E-state index >= 15 is 0 Å². The molecule has 0 saturated heterocycles. The predicted molar refractivity (Wildman–Crippen MR) is 112 cm³/mol. The predicted octanol–water partition coefficient (Wildman–Crippen LogP) is 2.66. The summed E-state index contributed by atoms with van der Waals surface area (Å²) in [6.45, 7) is 5.15. The Morgan fingerprint density at radius 1 is 1.00 bits per heavy atom. The van der Waals surface area contributed by atoms with Crippen molar-refractivity contribution in [2.75, 3.05) is 23.8 Å². The normalized spacial score (nSPS) is 11.0. The van der Waals surface area contributed by atoms with Gasteiger partial charge in [-0.25, -0.2) is 13.1 Å². The zero-order valence-electron chi connectivity index (χ0n) is 16.6. The fraction of sp³-hybridized carbons (Fsp3) is 0.300. The monoisotopic (exact) mass is 419 g/mol. The fourth-order valence-electron chi connectivity index (χ4n) is 2.45. The molecule has 29 heavy (non-hydrogen) atoms. The van der Waals surface area contributed by atoms with Crippen LogP contribution in [0.3, 0.4) is 0 Å². The number of carbonyl (C=O) groups is 2. The Morgan fingerprint density at radius 2 is 1.62 bits per heavy atom. The number of rotatable bonds is 9. The third kappa shape index (κ3) is 6.88. The summed E-state index contributed by atoms with van der Waals surface area (Å²) in [6, 6.07) is 11.2. The molecule has 0 radical (unpaired) electrons. The second-order valence-corrected chi connectivity index (χ2v) is 8.19. The molecule has 0 aliphatic rings. The van der Waals surface area contributed by atoms with Crippen molar-refractivity contribution in [2.45, 2.75) is 32.1 Å². The molecular weight excluding hydrogens is 394 g/mol. The van der Waals surface area contributed by atoms with Gasteiger partial charge in [-0.2, -0.15) is 0 Å². The number of ether oxygens (including phenoxy) is 1. The first-order chi connectivity index (χ1) is 13.7. The molecule has 0 aromatic heterocycles. The van der Waals surface area contributed by atoms with E-state index in [-0.39, 0.29) is 23.3 Å². The minimum Gasteiger partial charge on any atom is -0.483 e. The molecule has 0 unspecified atom stereocenters. The molecule has 0 fully saturated rings. The molecule has 156 valence electrons. The van der Waals surface area contributed by atoms with Crippen LogP contribution in [-0.2, 0) is 19.6 Å². The highest BCUT2D eigenvalue weighted by molar-refractivity contribution is 7.89. The first-order valence-electron chi connectivity index (χ1n) is 9.12. The Labute approximate surface area is 170 Å². The highest BCUT2D eigenvalue weighted by atomic mass is 32.2. The third-order valence-corrected chi connectivity index (χ3v) is 5.31. The average molecular weight is 420 g/mol. The Hall–Kier alpha value is -2.91. The number of carbonyl (C=O) groups excluding carboxylic acids is 2. The molecule has 0 aliphatic heterocycles. The van der Waals surface area contributed by atoms with Crippen LogP contribution in [0.15, 0.2) is 47.4 Å². The van der Waals surface area contributed by atoms with Gasteiger partial charge in [-0.1, -0.05) is 6.92 Å². The molecule has 3 N–H and O–H groups in total. The lowest BCUT2D eigenvalue weighted by Gasteiger charge is -2.12. The number of hydrogen-bond donors (Lipinski definition) is 3. The standard InChI is InChI=1S/C20H25N3O5S/c1-4-11-21-29(26,27)18-9-10-19(14(2)12-18)28-13-20(25)23-17-7-5-16(6-8-17)22-15(3)24/h5-10,12,21H,4,11,13H2,1-3H3,(H,22,24)(H,23,25). The topological polar surface area (TPSA) is 114 Å². The van der Waals surface area contributed by atoms with E-state index in [4.69, 9.17) is 4.74 Å². The van der Waals surface area contributed by atoms with Gasteiger partial charge < -0.3 is 15.4 Å². The van der Waals surface area contributed by atoms with Crippen LogP contribution in [0.2, 0.25) is 0 Å². The lowest BCUT2D eigenvalue weighted by atomic mass is 10.2. The van der Waals surface area contributed by atoms with Gasteiger partial charge in [-0.15, -0.1) is 0 Å². The van der Waals surface area contributed by atoms with Crippen molar-refractivity contribution in [1.82, 2.24) is 4.72 Å². The average Bonchev–Trinajstić information content (AvgIpc) is 2.66. The molecule has 0 aliphatic carbocycles. The first kappa shape index (κ1) is 22.4. The summed E-state index contributed by atoms with van der Waals surface area (Å²) in [5.74, 6) is -0.112. The number of sulfonamides is 1. The van der Waals surface area contributed by atoms with E-state index in [2.05, 4.69) is 15.4 Å². The van der Waals surface area contributed by atoms with Gasteiger partial charge in [0, 0.05) is 24.8 Å². The van der Waals surface area contributed by atoms with Crippen LogP contribution < -0.4 is 20.1 Å². The Kier molecular flexibility index (Phi) is 7.74. The van der Waals surface area contributed by atoms with E-state index < -0.39 is 10.0 Å². The zero-order valence-corrected chi connectivity index (χ0v) is 17.4. The van der Waals surface area contributed by atoms with Crippen molar-refractivity contribution < 1.29 is 22.7 Å². The van der Waals surface area contributed by atoms with Crippen LogP contribution in [0.1, 0.15) is 25.8 Å². The van der Waals surface area contributed by atoms with Crippen molar-refractivity contribution in [3.63, 3.8) is 0 Å². The molecule has 0 heterocycles. The molecule has 0 spiro atoms. The summed E-state index contributed by atoms with van der Waals surface area (Å²) in [5.41, 5.74) is 1.80. The quantitative estimate of drug-likeness (QED) is 0.578. The molecule has 0 bridgehead atoms. The number of hydrogen-bond acceptors (Lipinski definition) is 5. The molecule has 2 aromatic carbocycles. The number of aryl methyl sites for hydroxylation is 1. The molecule has 0 saturated carbocycles. The number of anilines is 2. The smallest absolute Gasteiger partial charge is 0.262 e. The Balaban J connectivity index is 1.93. The minimum absolute atomic E-state index is 0.152. The van der Waals surface area contributed by atoms with Crippen LogP contribution in [0, 0.1) is 6.92 Å². The molecular formula is C20H25N3O5S. The molecule has 0 atom stereocenters. The van der Waals surface area contributed by atoms with Gasteiger partial charge in [-0.3, -0.25) is 9.59 Å². The number of nitrogens with one attached hydrogen (secondary N) is 3. The molecule has 2 rings (SSSR count). The Morgan fingerprint density at radius 3 is 2.17 bits per heavy atom. The van der Waals surface area contributed by atoms with Crippen LogP contribution >= 0.6 is 0 Å². The van der Waals surface area contributed by atoms with Gasteiger partial charge >= 0.3 is 0 Å². The molecule has 2 amide bonds. The Bertz CT molecular complexity index is 972. The maximum atomic E-state index is 12.2. The van der Waals surface area contributed by atoms with E-state index in [9.17, 15) is 18.0 Å². The van der Waals surface area contributed by atoms with Gasteiger partial charge in [0.1, 0.15) is 5.75 Å². The molecule has 2 aromatic rings. The third-order valence-electron chi connectivity index (χ3n) is 3.85. The first-order valence-corrected chi connectivity index (χ1v) is 10.6. The van der Waals surface area contributed by atoms with Crippen molar-refractivity contribution >= 4 is 33.2 Å². The second kappa shape index (κ2) is 10.0. The maximum Gasteiger partial charge on any atom is 0.262 e. The highest BCUT2D eigenvalue weighted by Crippen LogP contribution is 2.22. The lowest BCUT2D eigenvalue weighted by Crippen LogP contribution is -2.24. The van der Waals surface area contributed by atoms with Crippen molar-refractivity contribution in [3.05, 3.63) is 48.0 Å². The summed E-state index contributed by atoms with van der Waals surface area (Å²) in [4.78, 5) is 23.3. The fourth-order valence-corrected chi connectivity index (χ4v) is 3.67. The van der Waals surface area contributed by atoms with Crippen LogP contribution in [0.25, 0.3) is 0 Å². The maximum absolute atomic E-state index is 12.2. The zero-order chi connectivity index (χ0) is 21.4. The van der Waals surface area contributed by atoms with Crippen molar-refractivity contribution in [1.29, 1.82) is 0 Å². The van der Waals surface area contributed by atoms with Gasteiger partial charge in [-0.05, 0) is 61.4 Å². The summed E-state index contributed by atoms with van der Waals surface area (Å²) in [7, 11) is -3.56. The SMILES string of the molecule is CCCNS(=O)(=O)c1ccc(OCC(=O)Nc2ccc(NC(C)=O)cc2)c(C)c1. The van der Waals surface area contributed by atoms with Crippen molar-refractivity contribution in [2.24, 2.45) is 0 Å². The van der Waals surface area contributed by atoms with Gasteiger partial charge in [0.05, 0.1) is 4.90 Å². The van der Waals surface area contributed by atoms with E-state index in [0.29, 0.717) is 35.7 Å². The number of amides is 2. The largest absolute Gasteiger partial charge is 0.483 e. The summed E-state index contributed by atoms with van der Waals surface area (Å²) in [6.07, 6.45) is 0.699. The van der Waals surface area contributed by atoms with E-state index in [1.54, 1.807) is 31.2 Å². The number of benzene rings is 2. The van der Waals surface area contributed by atoms with Crippen LogP contribution in [0.5, 0.6) is 5.75 Å².